The van der Waals surface area contributed by atoms with Gasteiger partial charge < -0.3 is 10.4 Å². The molecule has 0 atom stereocenters. The van der Waals surface area contributed by atoms with E-state index in [0.717, 1.165) is 0 Å². The van der Waals surface area contributed by atoms with Gasteiger partial charge in [-0.15, -0.1) is 0 Å². The molecule has 1 aliphatic rings. The van der Waals surface area contributed by atoms with E-state index < -0.39 is 16.0 Å². The average molecular weight is 332 g/mol. The molecule has 1 amide bonds. The first-order valence-corrected chi connectivity index (χ1v) is 8.13. The Balaban J connectivity index is 1.96. The Morgan fingerprint density at radius 1 is 1.17 bits per heavy atom. The minimum Gasteiger partial charge on any atom is -0.478 e. The van der Waals surface area contributed by atoms with Crippen LogP contribution in [0.3, 0.4) is 0 Å². The first kappa shape index (κ1) is 15.0. The molecular formula is C15H12N2O5S. The number of anilines is 2. The second kappa shape index (κ2) is 5.40. The van der Waals surface area contributed by atoms with E-state index >= 15 is 0 Å². The van der Waals surface area contributed by atoms with Gasteiger partial charge in [-0.25, -0.2) is 13.2 Å². The molecule has 0 saturated carbocycles. The third kappa shape index (κ3) is 2.88. The summed E-state index contributed by atoms with van der Waals surface area (Å²) in [4.78, 5) is 22.4. The summed E-state index contributed by atoms with van der Waals surface area (Å²) >= 11 is 0. The quantitative estimate of drug-likeness (QED) is 0.788. The molecule has 3 N–H and O–H groups in total. The van der Waals surface area contributed by atoms with Crippen molar-refractivity contribution in [2.45, 2.75) is 11.3 Å². The Labute approximate surface area is 132 Å². The van der Waals surface area contributed by atoms with E-state index in [2.05, 4.69) is 10.0 Å². The molecule has 8 heteroatoms. The van der Waals surface area contributed by atoms with Crippen LogP contribution < -0.4 is 10.0 Å². The predicted octanol–water partition coefficient (Wildman–Crippen LogP) is 1.68. The molecule has 0 saturated heterocycles. The van der Waals surface area contributed by atoms with E-state index in [1.807, 2.05) is 0 Å². The van der Waals surface area contributed by atoms with Crippen molar-refractivity contribution in [3.05, 3.63) is 53.6 Å². The fraction of sp³-hybridized carbons (Fsp3) is 0.0667. The Bertz CT molecular complexity index is 921. The Morgan fingerprint density at radius 3 is 2.65 bits per heavy atom. The van der Waals surface area contributed by atoms with Crippen molar-refractivity contribution < 1.29 is 23.1 Å². The second-order valence-electron chi connectivity index (χ2n) is 5.00. The molecule has 0 bridgehead atoms. The first-order valence-electron chi connectivity index (χ1n) is 6.65. The fourth-order valence-corrected chi connectivity index (χ4v) is 3.47. The summed E-state index contributed by atoms with van der Waals surface area (Å²) in [6, 6.07) is 10.0. The summed E-state index contributed by atoms with van der Waals surface area (Å²) < 4.78 is 27.2. The van der Waals surface area contributed by atoms with Crippen molar-refractivity contribution >= 4 is 33.3 Å². The Hall–Kier alpha value is -2.87. The van der Waals surface area contributed by atoms with Crippen LogP contribution in [0.2, 0.25) is 0 Å². The molecule has 0 unspecified atom stereocenters. The van der Waals surface area contributed by atoms with E-state index in [0.29, 0.717) is 11.3 Å². The largest absolute Gasteiger partial charge is 0.478 e. The van der Waals surface area contributed by atoms with Gasteiger partial charge in [0.05, 0.1) is 22.6 Å². The molecule has 0 fully saturated rings. The number of carbonyl (C=O) groups excluding carboxylic acids is 1. The Morgan fingerprint density at radius 2 is 1.91 bits per heavy atom. The Kier molecular flexibility index (Phi) is 3.53. The van der Waals surface area contributed by atoms with Gasteiger partial charge in [0.15, 0.2) is 0 Å². The summed E-state index contributed by atoms with van der Waals surface area (Å²) in [5, 5.41) is 11.7. The highest BCUT2D eigenvalue weighted by Gasteiger charge is 2.23. The molecule has 0 aromatic heterocycles. The molecule has 0 spiro atoms. The van der Waals surface area contributed by atoms with Crippen molar-refractivity contribution in [2.24, 2.45) is 0 Å². The van der Waals surface area contributed by atoms with Crippen LogP contribution in [-0.4, -0.2) is 25.4 Å². The highest BCUT2D eigenvalue weighted by molar-refractivity contribution is 7.92. The van der Waals surface area contributed by atoms with E-state index in [4.69, 9.17) is 5.11 Å². The van der Waals surface area contributed by atoms with Gasteiger partial charge in [-0.1, -0.05) is 12.1 Å². The van der Waals surface area contributed by atoms with Crippen molar-refractivity contribution in [2.75, 3.05) is 10.0 Å². The molecule has 7 nitrogen and oxygen atoms in total. The number of carbonyl (C=O) groups is 2. The number of amides is 1. The maximum absolute atomic E-state index is 12.4. The maximum Gasteiger partial charge on any atom is 0.337 e. The predicted molar refractivity (Wildman–Crippen MR) is 83.0 cm³/mol. The number of para-hydroxylation sites is 1. The molecule has 2 aromatic rings. The molecule has 118 valence electrons. The summed E-state index contributed by atoms with van der Waals surface area (Å²) in [6.45, 7) is 0. The SMILES string of the molecule is O=C1Cc2cc(S(=O)(=O)Nc3ccccc3C(=O)O)ccc2N1. The summed E-state index contributed by atoms with van der Waals surface area (Å²) in [6.07, 6.45) is 0.115. The summed E-state index contributed by atoms with van der Waals surface area (Å²) in [5.41, 5.74) is 1.01. The van der Waals surface area contributed by atoms with Gasteiger partial charge in [-0.3, -0.25) is 9.52 Å². The van der Waals surface area contributed by atoms with Crippen molar-refractivity contribution in [3.63, 3.8) is 0 Å². The topological polar surface area (TPSA) is 113 Å². The van der Waals surface area contributed by atoms with Crippen LogP contribution in [0.1, 0.15) is 15.9 Å². The third-order valence-electron chi connectivity index (χ3n) is 3.41. The number of carboxylic acid groups (broad SMARTS) is 1. The van der Waals surface area contributed by atoms with Crippen LogP contribution in [0.15, 0.2) is 47.4 Å². The first-order chi connectivity index (χ1) is 10.9. The smallest absolute Gasteiger partial charge is 0.337 e. The number of rotatable bonds is 4. The number of fused-ring (bicyclic) bond motifs is 1. The maximum atomic E-state index is 12.4. The standard InChI is InChI=1S/C15H12N2O5S/c18-14-8-9-7-10(5-6-12(9)16-14)23(21,22)17-13-4-2-1-3-11(13)15(19)20/h1-7,17H,8H2,(H,16,18)(H,19,20). The third-order valence-corrected chi connectivity index (χ3v) is 4.78. The minimum absolute atomic E-state index is 0.0188. The number of carboxylic acids is 1. The molecule has 23 heavy (non-hydrogen) atoms. The van der Waals surface area contributed by atoms with E-state index in [1.54, 1.807) is 0 Å². The van der Waals surface area contributed by atoms with E-state index in [-0.39, 0.29) is 28.5 Å². The molecule has 3 rings (SSSR count). The van der Waals surface area contributed by atoms with Crippen LogP contribution >= 0.6 is 0 Å². The van der Waals surface area contributed by atoms with Gasteiger partial charge in [0.1, 0.15) is 0 Å². The second-order valence-corrected chi connectivity index (χ2v) is 6.68. The molecule has 0 aliphatic carbocycles. The number of aromatic carboxylic acids is 1. The number of hydrogen-bond acceptors (Lipinski definition) is 4. The van der Waals surface area contributed by atoms with Gasteiger partial charge in [0.25, 0.3) is 10.0 Å². The molecule has 1 heterocycles. The highest BCUT2D eigenvalue weighted by Crippen LogP contribution is 2.27. The van der Waals surface area contributed by atoms with Crippen LogP contribution in [0.5, 0.6) is 0 Å². The van der Waals surface area contributed by atoms with Gasteiger partial charge >= 0.3 is 5.97 Å². The lowest BCUT2D eigenvalue weighted by molar-refractivity contribution is -0.115. The van der Waals surface area contributed by atoms with Crippen LogP contribution in [0, 0.1) is 0 Å². The highest BCUT2D eigenvalue weighted by atomic mass is 32.2. The number of nitrogens with one attached hydrogen (secondary N) is 2. The lowest BCUT2D eigenvalue weighted by Gasteiger charge is -2.11. The molecule has 0 radical (unpaired) electrons. The minimum atomic E-state index is -3.96. The summed E-state index contributed by atoms with van der Waals surface area (Å²) in [7, 11) is -3.96. The van der Waals surface area contributed by atoms with Gasteiger partial charge in [0, 0.05) is 5.69 Å². The lowest BCUT2D eigenvalue weighted by Crippen LogP contribution is -2.15. The number of sulfonamides is 1. The fourth-order valence-electron chi connectivity index (χ4n) is 2.34. The molecule has 1 aliphatic heterocycles. The van der Waals surface area contributed by atoms with Crippen LogP contribution in [0.25, 0.3) is 0 Å². The zero-order chi connectivity index (χ0) is 16.6. The van der Waals surface area contributed by atoms with Crippen molar-refractivity contribution in [1.82, 2.24) is 0 Å². The molecule has 2 aromatic carbocycles. The normalized spacial score (nSPS) is 13.3. The average Bonchev–Trinajstić information content (AvgIpc) is 2.86. The van der Waals surface area contributed by atoms with Crippen molar-refractivity contribution in [3.8, 4) is 0 Å². The summed E-state index contributed by atoms with van der Waals surface area (Å²) in [5.74, 6) is -1.43. The number of hydrogen-bond donors (Lipinski definition) is 3. The van der Waals surface area contributed by atoms with Crippen molar-refractivity contribution in [1.29, 1.82) is 0 Å². The van der Waals surface area contributed by atoms with Gasteiger partial charge in [-0.2, -0.15) is 0 Å². The van der Waals surface area contributed by atoms with E-state index in [1.165, 1.54) is 42.5 Å². The zero-order valence-corrected chi connectivity index (χ0v) is 12.6. The zero-order valence-electron chi connectivity index (χ0n) is 11.7. The van der Waals surface area contributed by atoms with Crippen LogP contribution in [0.4, 0.5) is 11.4 Å². The van der Waals surface area contributed by atoms with Gasteiger partial charge in [-0.05, 0) is 35.9 Å². The van der Waals surface area contributed by atoms with Crippen LogP contribution in [-0.2, 0) is 21.2 Å². The van der Waals surface area contributed by atoms with E-state index in [9.17, 15) is 18.0 Å². The number of benzene rings is 2. The van der Waals surface area contributed by atoms with Gasteiger partial charge in [0.2, 0.25) is 5.91 Å². The monoisotopic (exact) mass is 332 g/mol. The lowest BCUT2D eigenvalue weighted by atomic mass is 10.2. The molecular weight excluding hydrogens is 320 g/mol.